The molecule has 0 radical (unpaired) electrons. The number of benzene rings is 1. The number of hydrogen-bond donors (Lipinski definition) is 1. The van der Waals surface area contributed by atoms with Crippen LogP contribution in [0.2, 0.25) is 0 Å². The van der Waals surface area contributed by atoms with Crippen molar-refractivity contribution in [1.29, 1.82) is 0 Å². The van der Waals surface area contributed by atoms with Gasteiger partial charge in [-0.05, 0) is 37.5 Å². The number of alkyl halides is 3. The van der Waals surface area contributed by atoms with Crippen LogP contribution in [0.4, 0.5) is 13.2 Å². The number of esters is 1. The lowest BCUT2D eigenvalue weighted by Crippen LogP contribution is -2.41. The van der Waals surface area contributed by atoms with Crippen molar-refractivity contribution in [2.24, 2.45) is 0 Å². The van der Waals surface area contributed by atoms with Crippen molar-refractivity contribution in [3.05, 3.63) is 48.0 Å². The molecule has 7 heteroatoms. The summed E-state index contributed by atoms with van der Waals surface area (Å²) in [5.74, 6) is -1.40. The molecule has 0 spiro atoms. The standard InChI is InChI=1S/C16H18F3NO3/c1-3-4-5-9-13(15(22)23-2)20-14(21)11-7-6-8-12(10-11)16(17,18)19/h3,6-8,10,13H,1,4-5,9H2,2H3,(H,20,21)/t13-/m1/s1. The fourth-order valence-corrected chi connectivity index (χ4v) is 1.94. The van der Waals surface area contributed by atoms with Gasteiger partial charge in [0.2, 0.25) is 0 Å². The van der Waals surface area contributed by atoms with E-state index in [1.54, 1.807) is 6.08 Å². The number of nitrogens with one attached hydrogen (secondary N) is 1. The molecular weight excluding hydrogens is 311 g/mol. The first-order chi connectivity index (χ1) is 10.8. The van der Waals surface area contributed by atoms with Crippen molar-refractivity contribution >= 4 is 11.9 Å². The van der Waals surface area contributed by atoms with Gasteiger partial charge in [0.05, 0.1) is 12.7 Å². The van der Waals surface area contributed by atoms with Crippen LogP contribution in [0, 0.1) is 0 Å². The molecule has 0 aromatic heterocycles. The minimum atomic E-state index is -4.54. The molecule has 1 aromatic carbocycles. The number of carbonyl (C=O) groups is 2. The second-order valence-electron chi connectivity index (χ2n) is 4.85. The molecule has 1 amide bonds. The number of amides is 1. The number of ether oxygens (including phenoxy) is 1. The average molecular weight is 329 g/mol. The summed E-state index contributed by atoms with van der Waals surface area (Å²) in [5, 5.41) is 2.41. The first-order valence-corrected chi connectivity index (χ1v) is 6.96. The van der Waals surface area contributed by atoms with E-state index < -0.39 is 29.7 Å². The normalized spacial score (nSPS) is 12.3. The number of carbonyl (C=O) groups excluding carboxylic acids is 2. The molecule has 1 rings (SSSR count). The van der Waals surface area contributed by atoms with Gasteiger partial charge in [-0.3, -0.25) is 4.79 Å². The largest absolute Gasteiger partial charge is 0.467 e. The van der Waals surface area contributed by atoms with E-state index >= 15 is 0 Å². The molecule has 0 unspecified atom stereocenters. The van der Waals surface area contributed by atoms with Gasteiger partial charge in [-0.1, -0.05) is 12.1 Å². The van der Waals surface area contributed by atoms with Crippen LogP contribution >= 0.6 is 0 Å². The molecule has 0 saturated carbocycles. The number of halogens is 3. The van der Waals surface area contributed by atoms with E-state index in [4.69, 9.17) is 0 Å². The van der Waals surface area contributed by atoms with Crippen molar-refractivity contribution in [3.8, 4) is 0 Å². The van der Waals surface area contributed by atoms with Crippen LogP contribution in [-0.4, -0.2) is 25.0 Å². The Morgan fingerprint density at radius 1 is 1.39 bits per heavy atom. The predicted molar refractivity (Wildman–Crippen MR) is 78.8 cm³/mol. The number of allylic oxidation sites excluding steroid dienone is 1. The number of rotatable bonds is 7. The Balaban J connectivity index is 2.85. The highest BCUT2D eigenvalue weighted by atomic mass is 19.4. The average Bonchev–Trinajstić information content (AvgIpc) is 2.52. The van der Waals surface area contributed by atoms with E-state index in [-0.39, 0.29) is 5.56 Å². The van der Waals surface area contributed by atoms with E-state index in [2.05, 4.69) is 16.6 Å². The molecule has 4 nitrogen and oxygen atoms in total. The molecule has 126 valence electrons. The van der Waals surface area contributed by atoms with Crippen molar-refractivity contribution in [3.63, 3.8) is 0 Å². The van der Waals surface area contributed by atoms with E-state index in [0.29, 0.717) is 19.3 Å². The van der Waals surface area contributed by atoms with Gasteiger partial charge in [-0.25, -0.2) is 4.79 Å². The fraction of sp³-hybridized carbons (Fsp3) is 0.375. The third-order valence-corrected chi connectivity index (χ3v) is 3.14. The van der Waals surface area contributed by atoms with Gasteiger partial charge < -0.3 is 10.1 Å². The predicted octanol–water partition coefficient (Wildman–Crippen LogP) is 3.33. The molecule has 1 N–H and O–H groups in total. The highest BCUT2D eigenvalue weighted by Gasteiger charge is 2.31. The molecule has 0 heterocycles. The molecule has 1 aromatic rings. The summed E-state index contributed by atoms with van der Waals surface area (Å²) < 4.78 is 42.6. The van der Waals surface area contributed by atoms with E-state index in [0.717, 1.165) is 18.2 Å². The molecule has 0 aliphatic carbocycles. The van der Waals surface area contributed by atoms with Crippen molar-refractivity contribution < 1.29 is 27.5 Å². The van der Waals surface area contributed by atoms with Crippen molar-refractivity contribution in [2.45, 2.75) is 31.5 Å². The van der Waals surface area contributed by atoms with Crippen LogP contribution in [0.1, 0.15) is 35.2 Å². The maximum absolute atomic E-state index is 12.7. The fourth-order valence-electron chi connectivity index (χ4n) is 1.94. The summed E-state index contributed by atoms with van der Waals surface area (Å²) in [6, 6.07) is 3.10. The summed E-state index contributed by atoms with van der Waals surface area (Å²) in [4.78, 5) is 23.7. The summed E-state index contributed by atoms with van der Waals surface area (Å²) in [6.45, 7) is 3.55. The molecular formula is C16H18F3NO3. The van der Waals surface area contributed by atoms with E-state index in [9.17, 15) is 22.8 Å². The van der Waals surface area contributed by atoms with Crippen LogP contribution < -0.4 is 5.32 Å². The maximum Gasteiger partial charge on any atom is 0.416 e. The Hall–Kier alpha value is -2.31. The third-order valence-electron chi connectivity index (χ3n) is 3.14. The van der Waals surface area contributed by atoms with Crippen molar-refractivity contribution in [1.82, 2.24) is 5.32 Å². The zero-order chi connectivity index (χ0) is 17.5. The highest BCUT2D eigenvalue weighted by Crippen LogP contribution is 2.29. The van der Waals surface area contributed by atoms with Gasteiger partial charge in [0, 0.05) is 5.56 Å². The lowest BCUT2D eigenvalue weighted by molar-refractivity contribution is -0.143. The lowest BCUT2D eigenvalue weighted by atomic mass is 10.1. The Kier molecular flexibility index (Phi) is 6.81. The molecule has 0 saturated heterocycles. The smallest absolute Gasteiger partial charge is 0.416 e. The summed E-state index contributed by atoms with van der Waals surface area (Å²) in [6.07, 6.45) is -1.33. The Labute approximate surface area is 132 Å². The number of unbranched alkanes of at least 4 members (excludes halogenated alkanes) is 1. The maximum atomic E-state index is 12.7. The molecule has 0 fully saturated rings. The minimum Gasteiger partial charge on any atom is -0.467 e. The SMILES string of the molecule is C=CCCC[C@@H](NC(=O)c1cccc(C(F)(F)F)c1)C(=O)OC. The van der Waals surface area contributed by atoms with Gasteiger partial charge in [0.25, 0.3) is 5.91 Å². The number of methoxy groups -OCH3 is 1. The summed E-state index contributed by atoms with van der Waals surface area (Å²) >= 11 is 0. The Morgan fingerprint density at radius 3 is 2.65 bits per heavy atom. The zero-order valence-electron chi connectivity index (χ0n) is 12.7. The van der Waals surface area contributed by atoms with Crippen molar-refractivity contribution in [2.75, 3.05) is 7.11 Å². The van der Waals surface area contributed by atoms with Gasteiger partial charge in [-0.15, -0.1) is 6.58 Å². The van der Waals surface area contributed by atoms with Crippen LogP contribution in [0.5, 0.6) is 0 Å². The summed E-state index contributed by atoms with van der Waals surface area (Å²) in [5.41, 5.74) is -1.09. The molecule has 0 bridgehead atoms. The molecule has 0 aliphatic rings. The topological polar surface area (TPSA) is 55.4 Å². The molecule has 23 heavy (non-hydrogen) atoms. The second kappa shape index (κ2) is 8.36. The van der Waals surface area contributed by atoms with E-state index in [1.165, 1.54) is 13.2 Å². The van der Waals surface area contributed by atoms with Crippen LogP contribution in [0.3, 0.4) is 0 Å². The highest BCUT2D eigenvalue weighted by molar-refractivity contribution is 5.96. The minimum absolute atomic E-state index is 0.169. The molecule has 1 atom stereocenters. The Morgan fingerprint density at radius 2 is 2.09 bits per heavy atom. The van der Waals surface area contributed by atoms with E-state index in [1.807, 2.05) is 0 Å². The monoisotopic (exact) mass is 329 g/mol. The first kappa shape index (κ1) is 18.7. The number of hydrogen-bond acceptors (Lipinski definition) is 3. The van der Waals surface area contributed by atoms with Gasteiger partial charge in [-0.2, -0.15) is 13.2 Å². The first-order valence-electron chi connectivity index (χ1n) is 6.96. The zero-order valence-corrected chi connectivity index (χ0v) is 12.7. The summed E-state index contributed by atoms with van der Waals surface area (Å²) in [7, 11) is 1.18. The van der Waals surface area contributed by atoms with Crippen LogP contribution in [0.25, 0.3) is 0 Å². The van der Waals surface area contributed by atoms with Gasteiger partial charge >= 0.3 is 12.1 Å². The van der Waals surface area contributed by atoms with Gasteiger partial charge in [0.1, 0.15) is 6.04 Å². The molecule has 0 aliphatic heterocycles. The lowest BCUT2D eigenvalue weighted by Gasteiger charge is -2.16. The van der Waals surface area contributed by atoms with Crippen LogP contribution in [-0.2, 0) is 15.7 Å². The third kappa shape index (κ3) is 5.77. The van der Waals surface area contributed by atoms with Crippen LogP contribution in [0.15, 0.2) is 36.9 Å². The van der Waals surface area contributed by atoms with Gasteiger partial charge in [0.15, 0.2) is 0 Å². The second-order valence-corrected chi connectivity index (χ2v) is 4.85. The quantitative estimate of drug-likeness (QED) is 0.474. The Bertz CT molecular complexity index is 570.